The first-order valence-corrected chi connectivity index (χ1v) is 5.27. The first-order chi connectivity index (χ1) is 7.46. The lowest BCUT2D eigenvalue weighted by Gasteiger charge is -2.12. The lowest BCUT2D eigenvalue weighted by atomic mass is 10.3. The van der Waals surface area contributed by atoms with Crippen molar-refractivity contribution in [3.8, 4) is 5.75 Å². The number of nitrogen functional groups attached to an aromatic ring is 1. The van der Waals surface area contributed by atoms with Gasteiger partial charge in [0.1, 0.15) is 5.75 Å². The molecule has 0 bridgehead atoms. The molecule has 0 amide bonds. The third-order valence-corrected chi connectivity index (χ3v) is 2.36. The van der Waals surface area contributed by atoms with Gasteiger partial charge in [-0.25, -0.2) is 0 Å². The third-order valence-electron chi connectivity index (χ3n) is 1.64. The van der Waals surface area contributed by atoms with Crippen molar-refractivity contribution in [2.75, 3.05) is 12.0 Å². The van der Waals surface area contributed by atoms with E-state index >= 15 is 0 Å². The fourth-order valence-electron chi connectivity index (χ4n) is 1.09. The van der Waals surface area contributed by atoms with Crippen molar-refractivity contribution >= 4 is 17.4 Å². The summed E-state index contributed by atoms with van der Waals surface area (Å²) in [6, 6.07) is 4.08. The Bertz CT molecular complexity index is 357. The van der Waals surface area contributed by atoms with Gasteiger partial charge in [0.25, 0.3) is 0 Å². The van der Waals surface area contributed by atoms with E-state index in [4.69, 9.17) is 10.6 Å². The Balaban J connectivity index is 2.93. The van der Waals surface area contributed by atoms with Crippen molar-refractivity contribution in [3.63, 3.8) is 0 Å². The second-order valence-corrected chi connectivity index (χ2v) is 3.92. The summed E-state index contributed by atoms with van der Waals surface area (Å²) in [6.07, 6.45) is 0. The molecule has 0 unspecified atom stereocenters. The summed E-state index contributed by atoms with van der Waals surface area (Å²) < 4.78 is 41.5. The van der Waals surface area contributed by atoms with Gasteiger partial charge in [-0.3, -0.25) is 5.84 Å². The molecular weight excluding hydrogens is 241 g/mol. The molecule has 1 aromatic carbocycles. The van der Waals surface area contributed by atoms with E-state index in [1.807, 2.05) is 0 Å². The number of hydrogen-bond donors (Lipinski definition) is 2. The number of halogens is 3. The molecule has 16 heavy (non-hydrogen) atoms. The van der Waals surface area contributed by atoms with Gasteiger partial charge in [0.2, 0.25) is 0 Å². The van der Waals surface area contributed by atoms with Gasteiger partial charge >= 0.3 is 5.51 Å². The maximum absolute atomic E-state index is 12.1. The summed E-state index contributed by atoms with van der Waals surface area (Å²) in [5.41, 5.74) is -1.50. The van der Waals surface area contributed by atoms with Crippen LogP contribution in [-0.2, 0) is 0 Å². The number of thioether (sulfide) groups is 1. The Hall–Kier alpha value is -1.08. The van der Waals surface area contributed by atoms with Gasteiger partial charge < -0.3 is 10.2 Å². The van der Waals surface area contributed by atoms with Crippen molar-refractivity contribution in [1.29, 1.82) is 0 Å². The van der Waals surface area contributed by atoms with Crippen LogP contribution in [0.2, 0.25) is 0 Å². The molecule has 0 heterocycles. The van der Waals surface area contributed by atoms with Crippen molar-refractivity contribution < 1.29 is 17.9 Å². The lowest BCUT2D eigenvalue weighted by molar-refractivity contribution is -0.0328. The number of benzene rings is 1. The highest BCUT2D eigenvalue weighted by atomic mass is 32.2. The SMILES string of the molecule is CCOc1cc(SC(F)(F)F)ccc1NN. The fourth-order valence-corrected chi connectivity index (χ4v) is 1.66. The highest BCUT2D eigenvalue weighted by Crippen LogP contribution is 2.39. The van der Waals surface area contributed by atoms with E-state index in [1.165, 1.54) is 18.2 Å². The van der Waals surface area contributed by atoms with Crippen LogP contribution in [0.3, 0.4) is 0 Å². The first kappa shape index (κ1) is 13.0. The van der Waals surface area contributed by atoms with E-state index in [-0.39, 0.29) is 16.7 Å². The van der Waals surface area contributed by atoms with Crippen LogP contribution in [0.15, 0.2) is 23.1 Å². The molecule has 0 aliphatic rings. The number of nitrogens with one attached hydrogen (secondary N) is 1. The zero-order chi connectivity index (χ0) is 12.2. The molecule has 7 heteroatoms. The fraction of sp³-hybridized carbons (Fsp3) is 0.333. The number of anilines is 1. The number of hydrazine groups is 1. The van der Waals surface area contributed by atoms with Gasteiger partial charge in [0.15, 0.2) is 0 Å². The molecule has 0 aliphatic heterocycles. The van der Waals surface area contributed by atoms with Crippen LogP contribution in [0.1, 0.15) is 6.92 Å². The van der Waals surface area contributed by atoms with Gasteiger partial charge in [0.05, 0.1) is 12.3 Å². The van der Waals surface area contributed by atoms with Crippen molar-refractivity contribution in [2.24, 2.45) is 5.84 Å². The Kier molecular flexibility index (Phi) is 4.31. The second kappa shape index (κ2) is 5.31. The molecule has 0 radical (unpaired) electrons. The van der Waals surface area contributed by atoms with Gasteiger partial charge in [-0.05, 0) is 36.9 Å². The molecule has 0 aromatic heterocycles. The molecule has 3 nitrogen and oxygen atoms in total. The van der Waals surface area contributed by atoms with E-state index in [1.54, 1.807) is 6.92 Å². The average Bonchev–Trinajstić information content (AvgIpc) is 2.16. The maximum Gasteiger partial charge on any atom is 0.446 e. The molecule has 0 spiro atoms. The monoisotopic (exact) mass is 252 g/mol. The predicted octanol–water partition coefficient (Wildman–Crippen LogP) is 2.98. The standard InChI is InChI=1S/C9H11F3N2OS/c1-2-15-8-5-6(16-9(10,11)12)3-4-7(8)14-13/h3-5,14H,2,13H2,1H3. The summed E-state index contributed by atoms with van der Waals surface area (Å²) in [7, 11) is 0. The topological polar surface area (TPSA) is 47.3 Å². The second-order valence-electron chi connectivity index (χ2n) is 2.78. The van der Waals surface area contributed by atoms with Crippen molar-refractivity contribution in [1.82, 2.24) is 0 Å². The minimum atomic E-state index is -4.30. The number of rotatable bonds is 4. The van der Waals surface area contributed by atoms with Crippen LogP contribution in [0.25, 0.3) is 0 Å². The molecule has 90 valence electrons. The highest BCUT2D eigenvalue weighted by molar-refractivity contribution is 8.00. The van der Waals surface area contributed by atoms with E-state index in [0.29, 0.717) is 18.0 Å². The Labute approximate surface area is 95.1 Å². The summed E-state index contributed by atoms with van der Waals surface area (Å²) in [5.74, 6) is 5.50. The number of ether oxygens (including phenoxy) is 1. The van der Waals surface area contributed by atoms with Crippen molar-refractivity contribution in [2.45, 2.75) is 17.3 Å². The van der Waals surface area contributed by atoms with Gasteiger partial charge in [-0.2, -0.15) is 13.2 Å². The molecule has 1 aromatic rings. The van der Waals surface area contributed by atoms with E-state index in [0.717, 1.165) is 0 Å². The zero-order valence-electron chi connectivity index (χ0n) is 8.47. The van der Waals surface area contributed by atoms with Crippen LogP contribution in [0, 0.1) is 0 Å². The van der Waals surface area contributed by atoms with E-state index in [2.05, 4.69) is 5.43 Å². The molecule has 0 atom stereocenters. The molecule has 0 saturated heterocycles. The maximum atomic E-state index is 12.1. The lowest BCUT2D eigenvalue weighted by Crippen LogP contribution is -2.09. The van der Waals surface area contributed by atoms with Crippen molar-refractivity contribution in [3.05, 3.63) is 18.2 Å². The van der Waals surface area contributed by atoms with Crippen LogP contribution >= 0.6 is 11.8 Å². The molecule has 1 rings (SSSR count). The van der Waals surface area contributed by atoms with Gasteiger partial charge in [-0.15, -0.1) is 0 Å². The normalized spacial score (nSPS) is 11.3. The Morgan fingerprint density at radius 1 is 1.44 bits per heavy atom. The largest absolute Gasteiger partial charge is 0.492 e. The molecule has 3 N–H and O–H groups in total. The van der Waals surface area contributed by atoms with Crippen LogP contribution in [0.4, 0.5) is 18.9 Å². The number of nitrogens with two attached hydrogens (primary N) is 1. The Morgan fingerprint density at radius 3 is 2.62 bits per heavy atom. The van der Waals surface area contributed by atoms with Crippen LogP contribution in [0.5, 0.6) is 5.75 Å². The number of hydrogen-bond acceptors (Lipinski definition) is 4. The molecule has 0 saturated carbocycles. The smallest absolute Gasteiger partial charge is 0.446 e. The van der Waals surface area contributed by atoms with E-state index < -0.39 is 5.51 Å². The quantitative estimate of drug-likeness (QED) is 0.491. The minimum absolute atomic E-state index is 0.0648. The first-order valence-electron chi connectivity index (χ1n) is 4.45. The third kappa shape index (κ3) is 3.82. The summed E-state index contributed by atoms with van der Waals surface area (Å²) in [6.45, 7) is 2.10. The number of alkyl halides is 3. The Morgan fingerprint density at radius 2 is 2.12 bits per heavy atom. The zero-order valence-corrected chi connectivity index (χ0v) is 9.28. The average molecular weight is 252 g/mol. The molecule has 0 fully saturated rings. The molecular formula is C9H11F3N2OS. The summed E-state index contributed by atoms with van der Waals surface area (Å²) in [4.78, 5) is 0.0648. The summed E-state index contributed by atoms with van der Waals surface area (Å²) in [5, 5.41) is 0. The molecule has 0 aliphatic carbocycles. The van der Waals surface area contributed by atoms with Gasteiger partial charge in [0, 0.05) is 4.90 Å². The highest BCUT2D eigenvalue weighted by Gasteiger charge is 2.29. The van der Waals surface area contributed by atoms with Crippen LogP contribution in [-0.4, -0.2) is 12.1 Å². The van der Waals surface area contributed by atoms with Crippen LogP contribution < -0.4 is 16.0 Å². The van der Waals surface area contributed by atoms with E-state index in [9.17, 15) is 13.2 Å². The summed E-state index contributed by atoms with van der Waals surface area (Å²) >= 11 is -0.189. The predicted molar refractivity (Wildman–Crippen MR) is 57.3 cm³/mol. The minimum Gasteiger partial charge on any atom is -0.492 e. The van der Waals surface area contributed by atoms with Gasteiger partial charge in [-0.1, -0.05) is 0 Å².